The second kappa shape index (κ2) is 9.35. The van der Waals surface area contributed by atoms with Crippen LogP contribution in [-0.2, 0) is 0 Å². The fraction of sp³-hybridized carbons (Fsp3) is 0. The fourth-order valence-corrected chi connectivity index (χ4v) is 7.58. The topological polar surface area (TPSA) is 18.5 Å². The van der Waals surface area contributed by atoms with Gasteiger partial charge in [0.05, 0.1) is 0 Å². The molecule has 0 N–H and O–H groups in total. The van der Waals surface area contributed by atoms with Crippen molar-refractivity contribution >= 4 is 55.4 Å². The third-order valence-corrected chi connectivity index (χ3v) is 9.58. The van der Waals surface area contributed by atoms with E-state index in [1.54, 1.807) is 0 Å². The molecule has 0 radical (unpaired) electrons. The van der Waals surface area contributed by atoms with Crippen LogP contribution in [0, 0.1) is 0 Å². The van der Waals surface area contributed by atoms with Gasteiger partial charge in [-0.1, -0.05) is 121 Å². The average Bonchev–Trinajstić information content (AvgIpc) is 3.10. The molecule has 0 spiro atoms. The van der Waals surface area contributed by atoms with Crippen LogP contribution in [0.15, 0.2) is 152 Å². The summed E-state index contributed by atoms with van der Waals surface area (Å²) in [6.07, 6.45) is 0. The Morgan fingerprint density at radius 2 is 0.978 bits per heavy atom. The number of hydrogen-bond donors (Lipinski definition) is 0. The zero-order chi connectivity index (χ0) is 29.5. The minimum Gasteiger partial charge on any atom is -0.458 e. The summed E-state index contributed by atoms with van der Waals surface area (Å²) in [6.45, 7) is 0.0377. The molecule has 2 heterocycles. The van der Waals surface area contributed by atoms with Crippen LogP contribution in [0.2, 0.25) is 0 Å². The van der Waals surface area contributed by atoms with Gasteiger partial charge in [-0.2, -0.15) is 0 Å². The van der Waals surface area contributed by atoms with Gasteiger partial charge in [0.15, 0.2) is 0 Å². The van der Waals surface area contributed by atoms with Crippen molar-refractivity contribution in [1.82, 2.24) is 0 Å². The molecule has 0 fully saturated rings. The van der Waals surface area contributed by atoms with E-state index >= 15 is 0 Å². The van der Waals surface area contributed by atoms with Crippen LogP contribution in [0.1, 0.15) is 0 Å². The van der Waals surface area contributed by atoms with Crippen molar-refractivity contribution in [3.05, 3.63) is 152 Å². The van der Waals surface area contributed by atoms with Crippen LogP contribution in [0.25, 0.3) is 54.6 Å². The summed E-state index contributed by atoms with van der Waals surface area (Å²) in [6, 6.07) is 54.3. The standard InChI is InChI=1S/C42H25BO2/c1-2-11-27-25-35-28(24-26(27)10-1)22-23-33-30(14-7-15-32(33)35)29-12-3-4-13-31(29)34-16-8-18-37-42(34)45-40-21-9-20-39-41(40)43(37)36-17-5-6-19-38(36)44-39/h1-25H. The largest absolute Gasteiger partial charge is 0.458 e. The first-order chi connectivity index (χ1) is 22.3. The lowest BCUT2D eigenvalue weighted by Crippen LogP contribution is -2.57. The highest BCUT2D eigenvalue weighted by atomic mass is 16.5. The Morgan fingerprint density at radius 3 is 1.87 bits per heavy atom. The molecule has 208 valence electrons. The van der Waals surface area contributed by atoms with Crippen LogP contribution in [0.4, 0.5) is 0 Å². The van der Waals surface area contributed by atoms with Crippen LogP contribution in [0.5, 0.6) is 23.0 Å². The first-order valence-corrected chi connectivity index (χ1v) is 15.5. The van der Waals surface area contributed by atoms with Gasteiger partial charge in [-0.25, -0.2) is 0 Å². The lowest BCUT2D eigenvalue weighted by Gasteiger charge is -2.33. The Morgan fingerprint density at radius 1 is 0.356 bits per heavy atom. The molecule has 0 bridgehead atoms. The summed E-state index contributed by atoms with van der Waals surface area (Å²) in [4.78, 5) is 0. The minimum absolute atomic E-state index is 0.0377. The first-order valence-electron chi connectivity index (χ1n) is 15.5. The molecule has 8 aromatic rings. The molecule has 8 aromatic carbocycles. The van der Waals surface area contributed by atoms with Crippen LogP contribution < -0.4 is 25.9 Å². The second-order valence-corrected chi connectivity index (χ2v) is 12.0. The zero-order valence-electron chi connectivity index (χ0n) is 24.3. The summed E-state index contributed by atoms with van der Waals surface area (Å²) in [5.74, 6) is 3.53. The molecule has 0 unspecified atom stereocenters. The third-order valence-electron chi connectivity index (χ3n) is 9.58. The maximum atomic E-state index is 6.82. The van der Waals surface area contributed by atoms with Crippen molar-refractivity contribution in [2.24, 2.45) is 0 Å². The summed E-state index contributed by atoms with van der Waals surface area (Å²) in [5.41, 5.74) is 8.07. The van der Waals surface area contributed by atoms with Gasteiger partial charge >= 0.3 is 0 Å². The molecule has 0 aromatic heterocycles. The summed E-state index contributed by atoms with van der Waals surface area (Å²) < 4.78 is 13.2. The maximum Gasteiger partial charge on any atom is 0.260 e. The number of hydrogen-bond acceptors (Lipinski definition) is 2. The van der Waals surface area contributed by atoms with Gasteiger partial charge in [0.25, 0.3) is 6.71 Å². The highest BCUT2D eigenvalue weighted by Gasteiger charge is 2.40. The van der Waals surface area contributed by atoms with E-state index in [-0.39, 0.29) is 6.71 Å². The van der Waals surface area contributed by atoms with E-state index in [1.807, 2.05) is 18.2 Å². The third kappa shape index (κ3) is 3.58. The average molecular weight is 572 g/mol. The van der Waals surface area contributed by atoms with Crippen LogP contribution in [0.3, 0.4) is 0 Å². The summed E-state index contributed by atoms with van der Waals surface area (Å²) in [7, 11) is 0. The molecule has 0 amide bonds. The van der Waals surface area contributed by atoms with Gasteiger partial charge < -0.3 is 9.47 Å². The molecule has 2 aliphatic rings. The first kappa shape index (κ1) is 24.6. The number of fused-ring (bicyclic) bond motifs is 8. The van der Waals surface area contributed by atoms with Gasteiger partial charge in [0.1, 0.15) is 23.0 Å². The zero-order valence-corrected chi connectivity index (χ0v) is 24.3. The van der Waals surface area contributed by atoms with E-state index in [0.717, 1.165) is 45.1 Å². The number of ether oxygens (including phenoxy) is 2. The Bertz CT molecular complexity index is 2510. The fourth-order valence-electron chi connectivity index (χ4n) is 7.58. The smallest absolute Gasteiger partial charge is 0.260 e. The molecular weight excluding hydrogens is 547 g/mol. The SMILES string of the molecule is c1ccc2c(c1)Oc1cccc3c1B2c1cccc(-c2ccccc2-c2cccc4c2ccc2cc5ccccc5cc24)c1O3. The monoisotopic (exact) mass is 572 g/mol. The van der Waals surface area contributed by atoms with E-state index in [1.165, 1.54) is 48.9 Å². The molecule has 0 aliphatic carbocycles. The van der Waals surface area contributed by atoms with Gasteiger partial charge in [0.2, 0.25) is 0 Å². The van der Waals surface area contributed by atoms with E-state index in [0.29, 0.717) is 0 Å². The van der Waals surface area contributed by atoms with Gasteiger partial charge in [0, 0.05) is 11.0 Å². The predicted octanol–water partition coefficient (Wildman–Crippen LogP) is 9.21. The van der Waals surface area contributed by atoms with E-state index in [9.17, 15) is 0 Å². The number of benzene rings is 8. The number of rotatable bonds is 2. The lowest BCUT2D eigenvalue weighted by atomic mass is 9.34. The molecule has 0 saturated heterocycles. The van der Waals surface area contributed by atoms with Crippen LogP contribution >= 0.6 is 0 Å². The molecule has 0 saturated carbocycles. The van der Waals surface area contributed by atoms with Gasteiger partial charge in [-0.05, 0) is 90.3 Å². The van der Waals surface area contributed by atoms with E-state index in [4.69, 9.17) is 9.47 Å². The van der Waals surface area contributed by atoms with Crippen molar-refractivity contribution < 1.29 is 9.47 Å². The van der Waals surface area contributed by atoms with Crippen molar-refractivity contribution in [1.29, 1.82) is 0 Å². The predicted molar refractivity (Wildman–Crippen MR) is 188 cm³/mol. The Balaban J connectivity index is 1.19. The van der Waals surface area contributed by atoms with Crippen molar-refractivity contribution in [2.45, 2.75) is 0 Å². The van der Waals surface area contributed by atoms with E-state index < -0.39 is 0 Å². The highest BCUT2D eigenvalue weighted by molar-refractivity contribution is 6.98. The maximum absolute atomic E-state index is 6.82. The number of para-hydroxylation sites is 2. The van der Waals surface area contributed by atoms with Crippen LogP contribution in [-0.4, -0.2) is 6.71 Å². The normalized spacial score (nSPS) is 12.8. The Labute approximate surface area is 261 Å². The summed E-state index contributed by atoms with van der Waals surface area (Å²) in [5, 5.41) is 7.56. The molecular formula is C42H25BO2. The molecule has 2 aliphatic heterocycles. The highest BCUT2D eigenvalue weighted by Crippen LogP contribution is 2.44. The lowest BCUT2D eigenvalue weighted by molar-refractivity contribution is 0.465. The second-order valence-electron chi connectivity index (χ2n) is 12.0. The quantitative estimate of drug-likeness (QED) is 0.117. The Kier molecular flexibility index (Phi) is 5.12. The minimum atomic E-state index is 0.0377. The molecule has 10 rings (SSSR count). The Hall–Kier alpha value is -5.80. The van der Waals surface area contributed by atoms with Gasteiger partial charge in [-0.15, -0.1) is 0 Å². The van der Waals surface area contributed by atoms with Crippen molar-refractivity contribution in [2.75, 3.05) is 0 Å². The molecule has 45 heavy (non-hydrogen) atoms. The molecule has 3 heteroatoms. The van der Waals surface area contributed by atoms with Gasteiger partial charge in [-0.3, -0.25) is 0 Å². The summed E-state index contributed by atoms with van der Waals surface area (Å²) >= 11 is 0. The van der Waals surface area contributed by atoms with Crippen molar-refractivity contribution in [3.63, 3.8) is 0 Å². The van der Waals surface area contributed by atoms with E-state index in [2.05, 4.69) is 133 Å². The van der Waals surface area contributed by atoms with Crippen molar-refractivity contribution in [3.8, 4) is 45.3 Å². The molecule has 2 nitrogen and oxygen atoms in total. The molecule has 0 atom stereocenters.